The van der Waals surface area contributed by atoms with E-state index in [2.05, 4.69) is 5.32 Å². The number of amides is 1. The van der Waals surface area contributed by atoms with Crippen molar-refractivity contribution in [3.05, 3.63) is 95.6 Å². The number of hydrogen-bond acceptors (Lipinski definition) is 4. The number of hydrogen-bond donors (Lipinski definition) is 1. The van der Waals surface area contributed by atoms with E-state index in [9.17, 15) is 9.59 Å². The van der Waals surface area contributed by atoms with Gasteiger partial charge in [-0.3, -0.25) is 4.79 Å². The van der Waals surface area contributed by atoms with Crippen molar-refractivity contribution in [2.24, 2.45) is 0 Å². The zero-order valence-electron chi connectivity index (χ0n) is 15.6. The number of aryl methyl sites for hydroxylation is 1. The normalized spacial score (nSPS) is 10.2. The number of esters is 1. The molecule has 0 unspecified atom stereocenters. The second-order valence-corrected chi connectivity index (χ2v) is 6.29. The van der Waals surface area contributed by atoms with Crippen molar-refractivity contribution in [2.45, 2.75) is 13.5 Å². The van der Waals surface area contributed by atoms with Crippen molar-refractivity contribution >= 4 is 17.6 Å². The van der Waals surface area contributed by atoms with Crippen LogP contribution in [0.1, 0.15) is 21.5 Å². The molecule has 3 aromatic carbocycles. The molecule has 0 bridgehead atoms. The average Bonchev–Trinajstić information content (AvgIpc) is 2.72. The van der Waals surface area contributed by atoms with Gasteiger partial charge in [0, 0.05) is 5.69 Å². The van der Waals surface area contributed by atoms with Gasteiger partial charge in [0.2, 0.25) is 0 Å². The van der Waals surface area contributed by atoms with E-state index in [-0.39, 0.29) is 12.5 Å². The van der Waals surface area contributed by atoms with Crippen molar-refractivity contribution in [1.29, 1.82) is 0 Å². The molecule has 5 heteroatoms. The summed E-state index contributed by atoms with van der Waals surface area (Å²) in [4.78, 5) is 24.0. The lowest BCUT2D eigenvalue weighted by molar-refractivity contribution is -0.119. The lowest BCUT2D eigenvalue weighted by atomic mass is 10.2. The molecule has 0 spiro atoms. The quantitative estimate of drug-likeness (QED) is 0.623. The maximum Gasteiger partial charge on any atom is 0.338 e. The van der Waals surface area contributed by atoms with Gasteiger partial charge in [-0.1, -0.05) is 42.5 Å². The summed E-state index contributed by atoms with van der Waals surface area (Å²) in [5.41, 5.74) is 3.12. The first kappa shape index (κ1) is 19.2. The molecule has 0 aliphatic heterocycles. The molecule has 0 fully saturated rings. The van der Waals surface area contributed by atoms with Crippen LogP contribution in [0.25, 0.3) is 0 Å². The Morgan fingerprint density at radius 1 is 0.893 bits per heavy atom. The van der Waals surface area contributed by atoms with E-state index in [0.717, 1.165) is 11.1 Å². The maximum absolute atomic E-state index is 12.1. The smallest absolute Gasteiger partial charge is 0.338 e. The maximum atomic E-state index is 12.1. The zero-order valence-corrected chi connectivity index (χ0v) is 15.6. The van der Waals surface area contributed by atoms with Gasteiger partial charge in [0.25, 0.3) is 5.91 Å². The number of rotatable bonds is 7. The standard InChI is InChI=1S/C23H21NO4/c1-17-6-5-9-20(14-17)24-22(25)16-28-23(26)19-10-12-21(13-11-19)27-15-18-7-3-2-4-8-18/h2-14H,15-16H2,1H3,(H,24,25). The van der Waals surface area contributed by atoms with E-state index >= 15 is 0 Å². The molecule has 3 aromatic rings. The molecule has 5 nitrogen and oxygen atoms in total. The predicted molar refractivity (Wildman–Crippen MR) is 107 cm³/mol. The monoisotopic (exact) mass is 375 g/mol. The molecule has 0 radical (unpaired) electrons. The lowest BCUT2D eigenvalue weighted by Gasteiger charge is -2.08. The second-order valence-electron chi connectivity index (χ2n) is 6.29. The number of anilines is 1. The molecule has 0 saturated carbocycles. The minimum Gasteiger partial charge on any atom is -0.489 e. The van der Waals surface area contributed by atoms with E-state index in [1.54, 1.807) is 30.3 Å². The Kier molecular flexibility index (Phi) is 6.41. The first-order valence-corrected chi connectivity index (χ1v) is 8.90. The van der Waals surface area contributed by atoms with Gasteiger partial charge < -0.3 is 14.8 Å². The molecular formula is C23H21NO4. The third-order valence-corrected chi connectivity index (χ3v) is 3.97. The third kappa shape index (κ3) is 5.71. The average molecular weight is 375 g/mol. The Hall–Kier alpha value is -3.60. The van der Waals surface area contributed by atoms with Crippen LogP contribution < -0.4 is 10.1 Å². The number of ether oxygens (including phenoxy) is 2. The summed E-state index contributed by atoms with van der Waals surface area (Å²) in [6.45, 7) is 2.03. The van der Waals surface area contributed by atoms with E-state index in [0.29, 0.717) is 23.6 Å². The molecule has 0 aromatic heterocycles. The topological polar surface area (TPSA) is 64.6 Å². The van der Waals surface area contributed by atoms with Gasteiger partial charge in [-0.2, -0.15) is 0 Å². The molecule has 1 amide bonds. The SMILES string of the molecule is Cc1cccc(NC(=O)COC(=O)c2ccc(OCc3ccccc3)cc2)c1. The van der Waals surface area contributed by atoms with Gasteiger partial charge in [-0.05, 0) is 54.4 Å². The Labute approximate surface area is 163 Å². The van der Waals surface area contributed by atoms with E-state index in [4.69, 9.17) is 9.47 Å². The summed E-state index contributed by atoms with van der Waals surface area (Å²) in [6.07, 6.45) is 0. The Morgan fingerprint density at radius 2 is 1.64 bits per heavy atom. The van der Waals surface area contributed by atoms with Gasteiger partial charge in [0.05, 0.1) is 5.56 Å². The van der Waals surface area contributed by atoms with E-state index in [1.165, 1.54) is 0 Å². The Bertz CT molecular complexity index is 936. The van der Waals surface area contributed by atoms with Crippen LogP contribution in [-0.4, -0.2) is 18.5 Å². The molecule has 0 aliphatic rings. The van der Waals surface area contributed by atoms with Crippen molar-refractivity contribution in [2.75, 3.05) is 11.9 Å². The molecule has 0 saturated heterocycles. The summed E-state index contributed by atoms with van der Waals surface area (Å²) in [5, 5.41) is 2.69. The minimum absolute atomic E-state index is 0.348. The van der Waals surface area contributed by atoms with Crippen molar-refractivity contribution in [1.82, 2.24) is 0 Å². The van der Waals surface area contributed by atoms with Crippen molar-refractivity contribution < 1.29 is 19.1 Å². The van der Waals surface area contributed by atoms with Gasteiger partial charge >= 0.3 is 5.97 Å². The summed E-state index contributed by atoms with van der Waals surface area (Å²) >= 11 is 0. The highest BCUT2D eigenvalue weighted by Crippen LogP contribution is 2.15. The highest BCUT2D eigenvalue weighted by Gasteiger charge is 2.11. The Balaban J connectivity index is 1.47. The van der Waals surface area contributed by atoms with Crippen LogP contribution in [-0.2, 0) is 16.1 Å². The highest BCUT2D eigenvalue weighted by atomic mass is 16.5. The number of carbonyl (C=O) groups is 2. The van der Waals surface area contributed by atoms with Crippen LogP contribution in [0, 0.1) is 6.92 Å². The number of nitrogens with one attached hydrogen (secondary N) is 1. The number of benzene rings is 3. The summed E-state index contributed by atoms with van der Waals surface area (Å²) in [7, 11) is 0. The van der Waals surface area contributed by atoms with Gasteiger partial charge in [-0.25, -0.2) is 4.79 Å². The highest BCUT2D eigenvalue weighted by molar-refractivity contribution is 5.95. The first-order chi connectivity index (χ1) is 13.6. The lowest BCUT2D eigenvalue weighted by Crippen LogP contribution is -2.20. The predicted octanol–water partition coefficient (Wildman–Crippen LogP) is 4.37. The summed E-state index contributed by atoms with van der Waals surface area (Å²) in [5.74, 6) is -0.298. The van der Waals surface area contributed by atoms with Crippen LogP contribution >= 0.6 is 0 Å². The van der Waals surface area contributed by atoms with Crippen LogP contribution in [0.5, 0.6) is 5.75 Å². The van der Waals surface area contributed by atoms with Crippen LogP contribution in [0.15, 0.2) is 78.9 Å². The zero-order chi connectivity index (χ0) is 19.8. The summed E-state index contributed by atoms with van der Waals surface area (Å²) in [6, 6.07) is 23.8. The van der Waals surface area contributed by atoms with Crippen LogP contribution in [0.3, 0.4) is 0 Å². The van der Waals surface area contributed by atoms with Crippen LogP contribution in [0.4, 0.5) is 5.69 Å². The van der Waals surface area contributed by atoms with Crippen molar-refractivity contribution in [3.8, 4) is 5.75 Å². The molecule has 0 aliphatic carbocycles. The second kappa shape index (κ2) is 9.37. The molecule has 3 rings (SSSR count). The van der Waals surface area contributed by atoms with E-state index in [1.807, 2.05) is 55.5 Å². The van der Waals surface area contributed by atoms with Crippen molar-refractivity contribution in [3.63, 3.8) is 0 Å². The molecule has 28 heavy (non-hydrogen) atoms. The molecule has 0 atom stereocenters. The largest absolute Gasteiger partial charge is 0.489 e. The number of carbonyl (C=O) groups excluding carboxylic acids is 2. The summed E-state index contributed by atoms with van der Waals surface area (Å²) < 4.78 is 10.8. The molecule has 142 valence electrons. The van der Waals surface area contributed by atoms with E-state index < -0.39 is 5.97 Å². The Morgan fingerprint density at radius 3 is 2.36 bits per heavy atom. The fourth-order valence-corrected chi connectivity index (χ4v) is 2.56. The van der Waals surface area contributed by atoms with Gasteiger partial charge in [0.15, 0.2) is 6.61 Å². The molecule has 1 N–H and O–H groups in total. The fourth-order valence-electron chi connectivity index (χ4n) is 2.56. The third-order valence-electron chi connectivity index (χ3n) is 3.97. The molecular weight excluding hydrogens is 354 g/mol. The first-order valence-electron chi connectivity index (χ1n) is 8.90. The van der Waals surface area contributed by atoms with Gasteiger partial charge in [-0.15, -0.1) is 0 Å². The van der Waals surface area contributed by atoms with Gasteiger partial charge in [0.1, 0.15) is 12.4 Å². The molecule has 0 heterocycles. The fraction of sp³-hybridized carbons (Fsp3) is 0.130. The van der Waals surface area contributed by atoms with Crippen LogP contribution in [0.2, 0.25) is 0 Å². The minimum atomic E-state index is -0.561.